The molecule has 1 N–H and O–H groups in total. The van der Waals surface area contributed by atoms with Crippen molar-refractivity contribution < 1.29 is 19.5 Å². The zero-order valence-corrected chi connectivity index (χ0v) is 12.4. The third kappa shape index (κ3) is 2.63. The summed E-state index contributed by atoms with van der Waals surface area (Å²) in [4.78, 5) is 37.1. The van der Waals surface area contributed by atoms with E-state index in [9.17, 15) is 14.4 Å². The summed E-state index contributed by atoms with van der Waals surface area (Å²) in [6, 6.07) is 5.89. The minimum Gasteiger partial charge on any atom is -0.478 e. The van der Waals surface area contributed by atoms with E-state index in [1.165, 1.54) is 35.6 Å². The number of benzene rings is 1. The van der Waals surface area contributed by atoms with Crippen LogP contribution in [0.2, 0.25) is 0 Å². The van der Waals surface area contributed by atoms with Crippen LogP contribution < -0.4 is 4.90 Å². The maximum Gasteiger partial charge on any atom is 0.335 e. The molecule has 1 heterocycles. The van der Waals surface area contributed by atoms with Gasteiger partial charge in [-0.05, 0) is 42.5 Å². The van der Waals surface area contributed by atoms with Crippen LogP contribution in [0.25, 0.3) is 0 Å². The van der Waals surface area contributed by atoms with Crippen LogP contribution in [0.15, 0.2) is 24.3 Å². The molecule has 22 heavy (non-hydrogen) atoms. The molecule has 1 saturated carbocycles. The molecule has 0 unspecified atom stereocenters. The maximum absolute atomic E-state index is 12.5. The Morgan fingerprint density at radius 3 is 2.00 bits per heavy atom. The van der Waals surface area contributed by atoms with Crippen molar-refractivity contribution in [2.75, 3.05) is 4.90 Å². The number of piperidine rings is 1. The Hall–Kier alpha value is -2.17. The molecule has 2 aliphatic rings. The number of imide groups is 1. The zero-order valence-electron chi connectivity index (χ0n) is 12.4. The van der Waals surface area contributed by atoms with Crippen LogP contribution in [0.1, 0.15) is 55.3 Å². The van der Waals surface area contributed by atoms with E-state index in [1.54, 1.807) is 0 Å². The fourth-order valence-electron chi connectivity index (χ4n) is 3.70. The van der Waals surface area contributed by atoms with Gasteiger partial charge in [0.15, 0.2) is 0 Å². The number of anilines is 1. The van der Waals surface area contributed by atoms with Gasteiger partial charge >= 0.3 is 5.97 Å². The zero-order chi connectivity index (χ0) is 15.7. The smallest absolute Gasteiger partial charge is 0.335 e. The van der Waals surface area contributed by atoms with Crippen LogP contribution in [0.3, 0.4) is 0 Å². The van der Waals surface area contributed by atoms with E-state index >= 15 is 0 Å². The molecule has 2 fully saturated rings. The fraction of sp³-hybridized carbons (Fsp3) is 0.471. The highest BCUT2D eigenvalue weighted by Gasteiger charge is 2.44. The number of hydrogen-bond acceptors (Lipinski definition) is 3. The summed E-state index contributed by atoms with van der Waals surface area (Å²) >= 11 is 0. The lowest BCUT2D eigenvalue weighted by molar-refractivity contribution is -0.134. The van der Waals surface area contributed by atoms with Crippen molar-refractivity contribution in [2.45, 2.75) is 44.9 Å². The van der Waals surface area contributed by atoms with Gasteiger partial charge in [0.1, 0.15) is 0 Å². The second-order valence-corrected chi connectivity index (χ2v) is 6.39. The number of carbonyl (C=O) groups is 3. The molecule has 5 heteroatoms. The van der Waals surface area contributed by atoms with Gasteiger partial charge in [0, 0.05) is 12.8 Å². The Morgan fingerprint density at radius 2 is 1.50 bits per heavy atom. The molecule has 1 aromatic rings. The van der Waals surface area contributed by atoms with E-state index in [-0.39, 0.29) is 22.8 Å². The summed E-state index contributed by atoms with van der Waals surface area (Å²) < 4.78 is 0. The number of carboxylic acids is 1. The summed E-state index contributed by atoms with van der Waals surface area (Å²) in [6.45, 7) is 0. The number of hydrogen-bond donors (Lipinski definition) is 1. The van der Waals surface area contributed by atoms with E-state index in [4.69, 9.17) is 5.11 Å². The molecule has 0 radical (unpaired) electrons. The van der Waals surface area contributed by atoms with E-state index < -0.39 is 5.97 Å². The second kappa shape index (κ2) is 5.55. The largest absolute Gasteiger partial charge is 0.478 e. The van der Waals surface area contributed by atoms with Crippen molar-refractivity contribution >= 4 is 23.5 Å². The molecular weight excluding hydrogens is 282 g/mol. The van der Waals surface area contributed by atoms with Crippen molar-refractivity contribution in [3.8, 4) is 0 Å². The summed E-state index contributed by atoms with van der Waals surface area (Å²) in [6.07, 6.45) is 6.11. The number of carbonyl (C=O) groups excluding carboxylic acids is 2. The first-order valence-electron chi connectivity index (χ1n) is 7.70. The molecular formula is C17H19NO4. The molecule has 0 aromatic heterocycles. The van der Waals surface area contributed by atoms with Crippen LogP contribution in [0.5, 0.6) is 0 Å². The average molecular weight is 301 g/mol. The highest BCUT2D eigenvalue weighted by atomic mass is 16.4. The quantitative estimate of drug-likeness (QED) is 0.852. The molecule has 3 rings (SSSR count). The van der Waals surface area contributed by atoms with Crippen molar-refractivity contribution in [1.29, 1.82) is 0 Å². The molecule has 0 atom stereocenters. The van der Waals surface area contributed by atoms with Gasteiger partial charge in [-0.3, -0.25) is 14.5 Å². The fourth-order valence-corrected chi connectivity index (χ4v) is 3.70. The van der Waals surface area contributed by atoms with E-state index in [2.05, 4.69) is 0 Å². The minimum absolute atomic E-state index is 0.135. The van der Waals surface area contributed by atoms with Gasteiger partial charge in [0.25, 0.3) is 0 Å². The molecule has 1 aliphatic carbocycles. The Balaban J connectivity index is 1.82. The first kappa shape index (κ1) is 14.8. The number of nitrogens with zero attached hydrogens (tertiary/aromatic N) is 1. The van der Waals surface area contributed by atoms with Gasteiger partial charge in [-0.15, -0.1) is 0 Å². The molecule has 0 bridgehead atoms. The Labute approximate surface area is 128 Å². The van der Waals surface area contributed by atoms with Gasteiger partial charge in [0.05, 0.1) is 11.3 Å². The van der Waals surface area contributed by atoms with Crippen molar-refractivity contribution in [2.24, 2.45) is 5.41 Å². The van der Waals surface area contributed by atoms with E-state index in [0.29, 0.717) is 18.5 Å². The normalized spacial score (nSPS) is 21.2. The Bertz CT molecular complexity index is 594. The van der Waals surface area contributed by atoms with Crippen LogP contribution in [-0.4, -0.2) is 22.9 Å². The number of amides is 2. The Morgan fingerprint density at radius 1 is 0.955 bits per heavy atom. The number of rotatable bonds is 2. The molecule has 1 aromatic carbocycles. The molecule has 116 valence electrons. The lowest BCUT2D eigenvalue weighted by Crippen LogP contribution is -2.48. The predicted octanol–water partition coefficient (Wildman–Crippen LogP) is 2.99. The molecule has 1 saturated heterocycles. The van der Waals surface area contributed by atoms with Crippen molar-refractivity contribution in [3.63, 3.8) is 0 Å². The first-order chi connectivity index (χ1) is 10.5. The summed E-state index contributed by atoms with van der Waals surface area (Å²) in [7, 11) is 0. The SMILES string of the molecule is O=C(O)c1ccc(N2C(=O)CC3(CCCCC3)CC2=O)cc1. The van der Waals surface area contributed by atoms with Crippen LogP contribution in [0.4, 0.5) is 5.69 Å². The van der Waals surface area contributed by atoms with Gasteiger partial charge in [-0.1, -0.05) is 19.3 Å². The third-order valence-electron chi connectivity index (χ3n) is 4.84. The molecule has 5 nitrogen and oxygen atoms in total. The summed E-state index contributed by atoms with van der Waals surface area (Å²) in [5, 5.41) is 8.91. The highest BCUT2D eigenvalue weighted by molar-refractivity contribution is 6.17. The lowest BCUT2D eigenvalue weighted by atomic mass is 9.67. The number of aromatic carboxylic acids is 1. The third-order valence-corrected chi connectivity index (χ3v) is 4.84. The minimum atomic E-state index is -1.02. The predicted molar refractivity (Wildman–Crippen MR) is 80.6 cm³/mol. The van der Waals surface area contributed by atoms with E-state index in [0.717, 1.165) is 25.7 Å². The van der Waals surface area contributed by atoms with Crippen LogP contribution in [-0.2, 0) is 9.59 Å². The monoisotopic (exact) mass is 301 g/mol. The highest BCUT2D eigenvalue weighted by Crippen LogP contribution is 2.46. The first-order valence-corrected chi connectivity index (χ1v) is 7.70. The standard InChI is InChI=1S/C17H19NO4/c19-14-10-17(8-2-1-3-9-17)11-15(20)18(14)13-6-4-12(5-7-13)16(21)22/h4-7H,1-3,8-11H2,(H,21,22). The van der Waals surface area contributed by atoms with E-state index in [1.807, 2.05) is 0 Å². The lowest BCUT2D eigenvalue weighted by Gasteiger charge is -2.42. The average Bonchev–Trinajstić information content (AvgIpc) is 2.47. The van der Waals surface area contributed by atoms with Crippen LogP contribution >= 0.6 is 0 Å². The van der Waals surface area contributed by atoms with Gasteiger partial charge < -0.3 is 5.11 Å². The second-order valence-electron chi connectivity index (χ2n) is 6.39. The van der Waals surface area contributed by atoms with Gasteiger partial charge in [-0.2, -0.15) is 0 Å². The number of carboxylic acid groups (broad SMARTS) is 1. The molecule has 1 spiro atoms. The maximum atomic E-state index is 12.5. The summed E-state index contributed by atoms with van der Waals surface area (Å²) in [5.74, 6) is -1.36. The van der Waals surface area contributed by atoms with Crippen molar-refractivity contribution in [3.05, 3.63) is 29.8 Å². The topological polar surface area (TPSA) is 74.7 Å². The molecule has 1 aliphatic heterocycles. The molecule has 2 amide bonds. The van der Waals surface area contributed by atoms with Gasteiger partial charge in [0.2, 0.25) is 11.8 Å². The Kier molecular flexibility index (Phi) is 3.72. The van der Waals surface area contributed by atoms with Crippen LogP contribution in [0, 0.1) is 5.41 Å². The van der Waals surface area contributed by atoms with Gasteiger partial charge in [-0.25, -0.2) is 4.79 Å². The summed E-state index contributed by atoms with van der Waals surface area (Å²) in [5.41, 5.74) is 0.472. The van der Waals surface area contributed by atoms with Crippen molar-refractivity contribution in [1.82, 2.24) is 0 Å².